The number of amides is 1. The van der Waals surface area contributed by atoms with E-state index in [2.05, 4.69) is 5.32 Å². The molecule has 5 rings (SSSR count). The van der Waals surface area contributed by atoms with Gasteiger partial charge in [-0.2, -0.15) is 0 Å². The highest BCUT2D eigenvalue weighted by molar-refractivity contribution is 6.13. The quantitative estimate of drug-likeness (QED) is 0.0914. The molecule has 0 radical (unpaired) electrons. The van der Waals surface area contributed by atoms with Crippen LogP contribution < -0.4 is 5.32 Å². The predicted octanol–water partition coefficient (Wildman–Crippen LogP) is 3.31. The maximum absolute atomic E-state index is 14.6. The normalized spacial score (nSPS) is 22.9. The molecular formula is C37H33NO12. The van der Waals surface area contributed by atoms with Crippen molar-refractivity contribution in [2.45, 2.75) is 29.7 Å². The topological polar surface area (TPSA) is 195 Å². The first-order chi connectivity index (χ1) is 24.1. The van der Waals surface area contributed by atoms with Crippen LogP contribution in [-0.4, -0.2) is 94.4 Å². The maximum Gasteiger partial charge on any atom is 0.404 e. The van der Waals surface area contributed by atoms with Crippen LogP contribution in [0.25, 0.3) is 0 Å². The van der Waals surface area contributed by atoms with E-state index in [0.29, 0.717) is 0 Å². The Morgan fingerprint density at radius 2 is 1.08 bits per heavy atom. The summed E-state index contributed by atoms with van der Waals surface area (Å²) >= 11 is 0. The zero-order chi connectivity index (χ0) is 35.7. The summed E-state index contributed by atoms with van der Waals surface area (Å²) in [6.07, 6.45) is -7.56. The third kappa shape index (κ3) is 7.31. The fraction of sp³-hybridized carbons (Fsp3) is 0.216. The summed E-state index contributed by atoms with van der Waals surface area (Å²) in [7, 11) is 0. The SMILES string of the molecule is O=C(O)NCCO[C@@H]1O[C@H](COC(=O)c2ccccc2)[C@H](OC(=O)c2ccccc2)[C@@](O)(C(=O)c2ccccc2)[C@]1(O)C(=O)c1ccccc1. The van der Waals surface area contributed by atoms with E-state index < -0.39 is 72.5 Å². The van der Waals surface area contributed by atoms with Crippen LogP contribution in [0.5, 0.6) is 0 Å². The standard InChI is InChI=1S/C37H33NO12/c39-29(24-13-5-1-6-14-24)36(45)31(50-33(42)27-19-11-4-12-20-27)28(23-48-32(41)26-17-9-3-10-18-26)49-34(47-22-21-38-35(43)44)37(36,46)30(40)25-15-7-2-8-16-25/h1-20,28,31,34,38,45-46H,21-23H2,(H,43,44)/t28-,31+,34-,36+,37+/m1/s1. The predicted molar refractivity (Wildman–Crippen MR) is 174 cm³/mol. The smallest absolute Gasteiger partial charge is 0.404 e. The second kappa shape index (κ2) is 15.7. The molecule has 5 atom stereocenters. The number of ether oxygens (including phenoxy) is 4. The molecule has 1 saturated heterocycles. The van der Waals surface area contributed by atoms with Gasteiger partial charge in [0.1, 0.15) is 12.7 Å². The van der Waals surface area contributed by atoms with Crippen molar-refractivity contribution in [3.05, 3.63) is 144 Å². The van der Waals surface area contributed by atoms with Crippen LogP contribution in [0.2, 0.25) is 0 Å². The first-order valence-electron chi connectivity index (χ1n) is 15.4. The molecule has 1 fully saturated rings. The Bertz CT molecular complexity index is 1810. The van der Waals surface area contributed by atoms with Crippen molar-refractivity contribution in [3.8, 4) is 0 Å². The van der Waals surface area contributed by atoms with Crippen LogP contribution in [0.1, 0.15) is 41.4 Å². The average Bonchev–Trinajstić information content (AvgIpc) is 3.15. The number of hydrogen-bond acceptors (Lipinski definition) is 11. The van der Waals surface area contributed by atoms with Crippen LogP contribution in [0, 0.1) is 0 Å². The number of Topliss-reactive ketones (excluding diaryl/α,β-unsaturated/α-hetero) is 2. The number of carbonyl (C=O) groups is 5. The number of carbonyl (C=O) groups excluding carboxylic acids is 4. The Hall–Kier alpha value is -5.73. The second-order valence-corrected chi connectivity index (χ2v) is 11.2. The van der Waals surface area contributed by atoms with Gasteiger partial charge in [0, 0.05) is 17.7 Å². The summed E-state index contributed by atoms with van der Waals surface area (Å²) in [6.45, 7) is -1.66. The van der Waals surface area contributed by atoms with E-state index in [1.807, 2.05) is 0 Å². The van der Waals surface area contributed by atoms with Crippen LogP contribution in [0.15, 0.2) is 121 Å². The summed E-state index contributed by atoms with van der Waals surface area (Å²) in [4.78, 5) is 66.8. The molecule has 1 amide bonds. The molecule has 4 aromatic carbocycles. The van der Waals surface area contributed by atoms with Gasteiger partial charge in [0.2, 0.25) is 22.8 Å². The van der Waals surface area contributed by atoms with Crippen LogP contribution in [-0.2, 0) is 18.9 Å². The monoisotopic (exact) mass is 683 g/mol. The number of aliphatic hydroxyl groups is 2. The number of hydrogen-bond donors (Lipinski definition) is 4. The van der Waals surface area contributed by atoms with Gasteiger partial charge in [-0.3, -0.25) is 9.59 Å². The van der Waals surface area contributed by atoms with Gasteiger partial charge in [-0.15, -0.1) is 0 Å². The van der Waals surface area contributed by atoms with Crippen molar-refractivity contribution in [2.24, 2.45) is 0 Å². The third-order valence-corrected chi connectivity index (χ3v) is 8.01. The highest BCUT2D eigenvalue weighted by atomic mass is 16.7. The molecule has 13 nitrogen and oxygen atoms in total. The van der Waals surface area contributed by atoms with Crippen molar-refractivity contribution in [1.82, 2.24) is 5.32 Å². The first-order valence-corrected chi connectivity index (χ1v) is 15.4. The van der Waals surface area contributed by atoms with Crippen molar-refractivity contribution < 1.29 is 58.2 Å². The van der Waals surface area contributed by atoms with E-state index >= 15 is 0 Å². The Morgan fingerprint density at radius 3 is 1.56 bits per heavy atom. The Labute approximate surface area is 286 Å². The first kappa shape index (κ1) is 35.6. The molecule has 0 aliphatic carbocycles. The molecule has 1 aliphatic heterocycles. The Morgan fingerprint density at radius 1 is 0.640 bits per heavy atom. The van der Waals surface area contributed by atoms with Gasteiger partial charge in [-0.25, -0.2) is 14.4 Å². The number of ketones is 2. The zero-order valence-electron chi connectivity index (χ0n) is 26.4. The largest absolute Gasteiger partial charge is 0.465 e. The number of esters is 2. The third-order valence-electron chi connectivity index (χ3n) is 8.01. The molecule has 0 aromatic heterocycles. The number of benzene rings is 4. The molecule has 0 unspecified atom stereocenters. The molecular weight excluding hydrogens is 650 g/mol. The average molecular weight is 684 g/mol. The molecule has 4 N–H and O–H groups in total. The lowest BCUT2D eigenvalue weighted by Gasteiger charge is -2.53. The minimum atomic E-state index is -3.38. The van der Waals surface area contributed by atoms with Crippen LogP contribution in [0.4, 0.5) is 4.79 Å². The van der Waals surface area contributed by atoms with Crippen molar-refractivity contribution in [1.29, 1.82) is 0 Å². The Balaban J connectivity index is 1.67. The maximum atomic E-state index is 14.6. The molecule has 13 heteroatoms. The number of carboxylic acid groups (broad SMARTS) is 1. The minimum absolute atomic E-state index is 0.0157. The van der Waals surface area contributed by atoms with Gasteiger partial charge < -0.3 is 39.6 Å². The highest BCUT2D eigenvalue weighted by Crippen LogP contribution is 2.45. The van der Waals surface area contributed by atoms with E-state index in [0.717, 1.165) is 0 Å². The molecule has 4 aromatic rings. The second-order valence-electron chi connectivity index (χ2n) is 11.2. The van der Waals surface area contributed by atoms with Crippen molar-refractivity contribution >= 4 is 29.6 Å². The van der Waals surface area contributed by atoms with Gasteiger partial charge in [0.25, 0.3) is 0 Å². The number of rotatable bonds is 13. The van der Waals surface area contributed by atoms with Gasteiger partial charge in [-0.1, -0.05) is 97.1 Å². The number of nitrogens with one attached hydrogen (secondary N) is 1. The fourth-order valence-corrected chi connectivity index (χ4v) is 5.54. The molecule has 258 valence electrons. The van der Waals surface area contributed by atoms with Gasteiger partial charge in [0.15, 0.2) is 12.4 Å². The lowest BCUT2D eigenvalue weighted by Crippen LogP contribution is -2.81. The zero-order valence-corrected chi connectivity index (χ0v) is 26.4. The molecule has 0 saturated carbocycles. The summed E-state index contributed by atoms with van der Waals surface area (Å²) in [6, 6.07) is 29.7. The summed E-state index contributed by atoms with van der Waals surface area (Å²) in [5, 5.41) is 36.6. The van der Waals surface area contributed by atoms with E-state index in [4.69, 9.17) is 24.1 Å². The molecule has 1 heterocycles. The minimum Gasteiger partial charge on any atom is -0.465 e. The lowest BCUT2D eigenvalue weighted by atomic mass is 9.66. The van der Waals surface area contributed by atoms with Crippen LogP contribution >= 0.6 is 0 Å². The molecule has 1 aliphatic rings. The van der Waals surface area contributed by atoms with Crippen molar-refractivity contribution in [2.75, 3.05) is 19.8 Å². The van der Waals surface area contributed by atoms with E-state index in [1.165, 1.54) is 72.8 Å². The van der Waals surface area contributed by atoms with E-state index in [9.17, 15) is 34.2 Å². The summed E-state index contributed by atoms with van der Waals surface area (Å²) in [5.74, 6) is -4.42. The molecule has 0 spiro atoms. The summed E-state index contributed by atoms with van der Waals surface area (Å²) < 4.78 is 23.0. The molecule has 50 heavy (non-hydrogen) atoms. The van der Waals surface area contributed by atoms with Gasteiger partial charge in [-0.05, 0) is 24.3 Å². The van der Waals surface area contributed by atoms with E-state index in [1.54, 1.807) is 48.5 Å². The lowest BCUT2D eigenvalue weighted by molar-refractivity contribution is -0.340. The Kier molecular flexibility index (Phi) is 11.1. The van der Waals surface area contributed by atoms with Crippen molar-refractivity contribution in [3.63, 3.8) is 0 Å². The molecule has 0 bridgehead atoms. The van der Waals surface area contributed by atoms with Gasteiger partial charge >= 0.3 is 18.0 Å². The van der Waals surface area contributed by atoms with Gasteiger partial charge in [0.05, 0.1) is 17.7 Å². The summed E-state index contributed by atoms with van der Waals surface area (Å²) in [5.41, 5.74) is -6.98. The highest BCUT2D eigenvalue weighted by Gasteiger charge is 2.74. The van der Waals surface area contributed by atoms with Crippen LogP contribution in [0.3, 0.4) is 0 Å². The fourth-order valence-electron chi connectivity index (χ4n) is 5.54. The van der Waals surface area contributed by atoms with E-state index in [-0.39, 0.29) is 28.8 Å².